The average molecular weight is 703 g/mol. The first-order chi connectivity index (χ1) is 27.3. The van der Waals surface area contributed by atoms with Crippen molar-refractivity contribution in [3.8, 4) is 27.9 Å². The number of furan rings is 1. The molecule has 0 aliphatic carbocycles. The molecule has 0 amide bonds. The van der Waals surface area contributed by atoms with E-state index in [2.05, 4.69) is 216 Å². The topological polar surface area (TPSA) is 21.3 Å². The van der Waals surface area contributed by atoms with Crippen LogP contribution in [0.15, 0.2) is 211 Å². The van der Waals surface area contributed by atoms with E-state index in [0.29, 0.717) is 0 Å². The molecule has 3 heteroatoms. The summed E-state index contributed by atoms with van der Waals surface area (Å²) >= 11 is 0. The number of benzene rings is 9. The Kier molecular flexibility index (Phi) is 7.17. The van der Waals surface area contributed by atoms with E-state index in [0.717, 1.165) is 55.9 Å². The zero-order valence-electron chi connectivity index (χ0n) is 29.9. The van der Waals surface area contributed by atoms with E-state index >= 15 is 0 Å². The quantitative estimate of drug-likeness (QED) is 0.172. The van der Waals surface area contributed by atoms with Crippen LogP contribution < -0.4 is 4.90 Å². The van der Waals surface area contributed by atoms with Gasteiger partial charge in [0.2, 0.25) is 0 Å². The highest BCUT2D eigenvalue weighted by Gasteiger charge is 2.21. The van der Waals surface area contributed by atoms with Crippen LogP contribution in [-0.2, 0) is 0 Å². The van der Waals surface area contributed by atoms with Crippen LogP contribution in [-0.4, -0.2) is 4.57 Å². The zero-order chi connectivity index (χ0) is 36.3. The summed E-state index contributed by atoms with van der Waals surface area (Å²) in [6, 6.07) is 73.9. The van der Waals surface area contributed by atoms with Crippen LogP contribution in [0.2, 0.25) is 0 Å². The minimum Gasteiger partial charge on any atom is -0.456 e. The summed E-state index contributed by atoms with van der Waals surface area (Å²) in [6.45, 7) is 0. The van der Waals surface area contributed by atoms with Crippen LogP contribution in [0.4, 0.5) is 17.1 Å². The smallest absolute Gasteiger partial charge is 0.136 e. The van der Waals surface area contributed by atoms with Crippen molar-refractivity contribution in [3.05, 3.63) is 206 Å². The standard InChI is InChI=1S/C52H34N2O/c1-3-13-35(14-4-1)38-16-11-19-42(33-38)53(47-23-12-24-48-52(47)44-21-9-10-22-46(44)54(48)40-17-5-2-6-18-40)41-29-25-36(26-30-41)39-27-31-45-50(34-39)55-49-32-28-37-15-7-8-20-43(37)51(45)49/h1-34H. The van der Waals surface area contributed by atoms with Crippen molar-refractivity contribution >= 4 is 71.6 Å². The molecule has 3 nitrogen and oxygen atoms in total. The van der Waals surface area contributed by atoms with E-state index < -0.39 is 0 Å². The van der Waals surface area contributed by atoms with Crippen LogP contribution >= 0.6 is 0 Å². The third kappa shape index (κ3) is 5.13. The molecule has 2 heterocycles. The summed E-state index contributed by atoms with van der Waals surface area (Å²) in [4.78, 5) is 2.41. The highest BCUT2D eigenvalue weighted by molar-refractivity contribution is 6.19. The number of para-hydroxylation sites is 2. The van der Waals surface area contributed by atoms with Gasteiger partial charge in [0.1, 0.15) is 11.2 Å². The largest absolute Gasteiger partial charge is 0.456 e. The van der Waals surface area contributed by atoms with Crippen molar-refractivity contribution in [1.82, 2.24) is 4.57 Å². The van der Waals surface area contributed by atoms with Crippen molar-refractivity contribution in [2.75, 3.05) is 4.90 Å². The Balaban J connectivity index is 1.08. The van der Waals surface area contributed by atoms with Gasteiger partial charge in [-0.3, -0.25) is 0 Å². The molecule has 0 radical (unpaired) electrons. The molecule has 11 aromatic rings. The van der Waals surface area contributed by atoms with Gasteiger partial charge in [0, 0.05) is 38.6 Å². The number of anilines is 3. The van der Waals surface area contributed by atoms with Crippen molar-refractivity contribution in [2.24, 2.45) is 0 Å². The lowest BCUT2D eigenvalue weighted by atomic mass is 10.0. The van der Waals surface area contributed by atoms with Gasteiger partial charge in [-0.25, -0.2) is 0 Å². The molecule has 0 bridgehead atoms. The molecule has 0 fully saturated rings. The summed E-state index contributed by atoms with van der Waals surface area (Å²) in [5.74, 6) is 0. The average Bonchev–Trinajstić information content (AvgIpc) is 3.81. The lowest BCUT2D eigenvalue weighted by Gasteiger charge is -2.27. The molecule has 2 aromatic heterocycles. The van der Waals surface area contributed by atoms with Crippen LogP contribution in [0.5, 0.6) is 0 Å². The summed E-state index contributed by atoms with van der Waals surface area (Å²) in [6.07, 6.45) is 0. The summed E-state index contributed by atoms with van der Waals surface area (Å²) in [7, 11) is 0. The molecular weight excluding hydrogens is 669 g/mol. The predicted octanol–water partition coefficient (Wildman–Crippen LogP) is 14.6. The number of hydrogen-bond donors (Lipinski definition) is 0. The van der Waals surface area contributed by atoms with Gasteiger partial charge >= 0.3 is 0 Å². The molecule has 55 heavy (non-hydrogen) atoms. The molecule has 9 aromatic carbocycles. The Morgan fingerprint density at radius 2 is 1.02 bits per heavy atom. The number of hydrogen-bond acceptors (Lipinski definition) is 2. The maximum Gasteiger partial charge on any atom is 0.136 e. The molecule has 0 unspecified atom stereocenters. The normalized spacial score (nSPS) is 11.6. The second-order valence-electron chi connectivity index (χ2n) is 14.1. The fraction of sp³-hybridized carbons (Fsp3) is 0. The van der Waals surface area contributed by atoms with Gasteiger partial charge in [-0.1, -0.05) is 133 Å². The van der Waals surface area contributed by atoms with Gasteiger partial charge in [-0.15, -0.1) is 0 Å². The lowest BCUT2D eigenvalue weighted by Crippen LogP contribution is -2.10. The van der Waals surface area contributed by atoms with Crippen LogP contribution in [0.1, 0.15) is 0 Å². The van der Waals surface area contributed by atoms with Crippen molar-refractivity contribution in [1.29, 1.82) is 0 Å². The van der Waals surface area contributed by atoms with E-state index in [9.17, 15) is 0 Å². The summed E-state index contributed by atoms with van der Waals surface area (Å²) < 4.78 is 8.83. The Morgan fingerprint density at radius 1 is 0.364 bits per heavy atom. The van der Waals surface area contributed by atoms with Gasteiger partial charge in [-0.2, -0.15) is 0 Å². The highest BCUT2D eigenvalue weighted by atomic mass is 16.3. The summed E-state index contributed by atoms with van der Waals surface area (Å²) in [5.41, 5.74) is 13.2. The van der Waals surface area contributed by atoms with Crippen LogP contribution in [0, 0.1) is 0 Å². The highest BCUT2D eigenvalue weighted by Crippen LogP contribution is 2.45. The van der Waals surface area contributed by atoms with Gasteiger partial charge in [0.15, 0.2) is 0 Å². The number of nitrogens with zero attached hydrogens (tertiary/aromatic N) is 2. The van der Waals surface area contributed by atoms with E-state index in [1.165, 1.54) is 43.6 Å². The minimum atomic E-state index is 0.897. The van der Waals surface area contributed by atoms with E-state index in [1.54, 1.807) is 0 Å². The van der Waals surface area contributed by atoms with Gasteiger partial charge in [0.05, 0.1) is 16.7 Å². The molecule has 11 rings (SSSR count). The molecule has 0 atom stereocenters. The van der Waals surface area contributed by atoms with E-state index in [1.807, 2.05) is 0 Å². The lowest BCUT2D eigenvalue weighted by molar-refractivity contribution is 0.669. The minimum absolute atomic E-state index is 0.897. The van der Waals surface area contributed by atoms with E-state index in [-0.39, 0.29) is 0 Å². The van der Waals surface area contributed by atoms with Gasteiger partial charge < -0.3 is 13.9 Å². The number of aromatic nitrogens is 1. The Labute approximate surface area is 318 Å². The first-order valence-corrected chi connectivity index (χ1v) is 18.8. The predicted molar refractivity (Wildman–Crippen MR) is 231 cm³/mol. The Morgan fingerprint density at radius 3 is 1.87 bits per heavy atom. The molecule has 0 aliphatic heterocycles. The SMILES string of the molecule is c1ccc(-c2cccc(N(c3ccc(-c4ccc5c(c4)oc4ccc6ccccc6c45)cc3)c3cccc4c3c3ccccc3n4-c3ccccc3)c2)cc1. The number of fused-ring (bicyclic) bond motifs is 8. The molecule has 0 spiro atoms. The Bertz CT molecular complexity index is 3190. The zero-order valence-corrected chi connectivity index (χ0v) is 29.9. The van der Waals surface area contributed by atoms with Crippen molar-refractivity contribution in [3.63, 3.8) is 0 Å². The van der Waals surface area contributed by atoms with Crippen molar-refractivity contribution in [2.45, 2.75) is 0 Å². The summed E-state index contributed by atoms with van der Waals surface area (Å²) in [5, 5.41) is 7.17. The number of rotatable bonds is 6. The monoisotopic (exact) mass is 702 g/mol. The molecule has 0 saturated carbocycles. The molecule has 0 aliphatic rings. The fourth-order valence-corrected chi connectivity index (χ4v) is 8.45. The fourth-order valence-electron chi connectivity index (χ4n) is 8.45. The molecular formula is C52H34N2O. The Hall–Kier alpha value is -7.36. The molecule has 0 N–H and O–H groups in total. The molecule has 258 valence electrons. The first-order valence-electron chi connectivity index (χ1n) is 18.8. The molecule has 0 saturated heterocycles. The first kappa shape index (κ1) is 31.2. The van der Waals surface area contributed by atoms with Crippen molar-refractivity contribution < 1.29 is 4.42 Å². The van der Waals surface area contributed by atoms with E-state index in [4.69, 9.17) is 4.42 Å². The van der Waals surface area contributed by atoms with Crippen LogP contribution in [0.25, 0.3) is 82.5 Å². The van der Waals surface area contributed by atoms with Gasteiger partial charge in [-0.05, 0) is 106 Å². The second kappa shape index (κ2) is 12.6. The maximum absolute atomic E-state index is 6.45. The maximum atomic E-state index is 6.45. The van der Waals surface area contributed by atoms with Crippen LogP contribution in [0.3, 0.4) is 0 Å². The second-order valence-corrected chi connectivity index (χ2v) is 14.1. The third-order valence-electron chi connectivity index (χ3n) is 11.0. The third-order valence-corrected chi connectivity index (χ3v) is 11.0. The van der Waals surface area contributed by atoms with Gasteiger partial charge in [0.25, 0.3) is 0 Å².